The zero-order valence-electron chi connectivity index (χ0n) is 36.4. The van der Waals surface area contributed by atoms with Gasteiger partial charge in [0, 0.05) is 88.7 Å². The SMILES string of the molecule is CC1CCC(C)N1CC1(O)CCN(c2nc(Oc3cccc(F)c3)cc(C(F)(F)F)n2)CC1.Fc1cccc(Oc2cc(C(F)(F)F)nc(N3CCC(CN4CCCNCC4)CC3)n2)c1. The molecule has 65 heavy (non-hydrogen) atoms. The van der Waals surface area contributed by atoms with Crippen LogP contribution in [-0.4, -0.2) is 118 Å². The standard InChI is InChI=1S/C23H28F4N4O2.C22H27F4N5O/c1-15-6-7-16(2)31(15)14-22(32)8-10-30(11-9-22)21-28-19(23(25,26)27)13-20(29-21)33-18-5-3-4-17(24)12-18;23-17-3-1-4-18(13-17)32-20-14-19(22(24,25)26)28-21(29-20)31-10-5-16(6-11-31)15-30-9-2-7-27-8-12-30/h3-5,12-13,15-16,32H,6-11,14H2,1-2H3;1,3-4,13-14,16,27H,2,5-12,15H2. The summed E-state index contributed by atoms with van der Waals surface area (Å²) >= 11 is 0. The maximum atomic E-state index is 13.5. The Morgan fingerprint density at radius 1 is 0.662 bits per heavy atom. The Hall–Kier alpha value is -4.92. The highest BCUT2D eigenvalue weighted by Crippen LogP contribution is 2.36. The summed E-state index contributed by atoms with van der Waals surface area (Å²) in [5.74, 6) is -1.22. The van der Waals surface area contributed by atoms with Crippen molar-refractivity contribution in [2.24, 2.45) is 5.92 Å². The second-order valence-corrected chi connectivity index (χ2v) is 17.4. The van der Waals surface area contributed by atoms with Crippen molar-refractivity contribution in [3.05, 3.63) is 83.7 Å². The molecule has 354 valence electrons. The van der Waals surface area contributed by atoms with E-state index in [1.54, 1.807) is 9.80 Å². The lowest BCUT2D eigenvalue weighted by molar-refractivity contribution is -0.142. The second-order valence-electron chi connectivity index (χ2n) is 17.4. The van der Waals surface area contributed by atoms with Crippen molar-refractivity contribution in [1.82, 2.24) is 35.1 Å². The van der Waals surface area contributed by atoms with Crippen molar-refractivity contribution in [3.8, 4) is 23.3 Å². The lowest BCUT2D eigenvalue weighted by Gasteiger charge is -2.42. The number of aliphatic hydroxyl groups is 1. The molecule has 0 aliphatic carbocycles. The highest BCUT2D eigenvalue weighted by atomic mass is 19.4. The number of piperidine rings is 2. The normalized spacial score (nSPS) is 21.4. The van der Waals surface area contributed by atoms with Crippen LogP contribution in [0.3, 0.4) is 0 Å². The van der Waals surface area contributed by atoms with E-state index >= 15 is 0 Å². The van der Waals surface area contributed by atoms with Crippen LogP contribution in [0.2, 0.25) is 0 Å². The lowest BCUT2D eigenvalue weighted by atomic mass is 9.90. The van der Waals surface area contributed by atoms with E-state index in [0.717, 1.165) is 83.0 Å². The molecule has 4 aliphatic rings. The minimum Gasteiger partial charge on any atom is -0.439 e. The Morgan fingerprint density at radius 2 is 1.17 bits per heavy atom. The lowest BCUT2D eigenvalue weighted by Crippen LogP contribution is -2.53. The molecular formula is C45H55F8N9O3. The number of likely N-dealkylation sites (tertiary alicyclic amines) is 1. The van der Waals surface area contributed by atoms with Crippen LogP contribution in [0, 0.1) is 17.6 Å². The van der Waals surface area contributed by atoms with E-state index in [4.69, 9.17) is 9.47 Å². The molecule has 4 aromatic rings. The van der Waals surface area contributed by atoms with Crippen molar-refractivity contribution >= 4 is 11.9 Å². The topological polar surface area (TPSA) is 115 Å². The van der Waals surface area contributed by atoms with Crippen molar-refractivity contribution in [2.75, 3.05) is 75.2 Å². The first-order chi connectivity index (χ1) is 30.9. The summed E-state index contributed by atoms with van der Waals surface area (Å²) in [5.41, 5.74) is -3.13. The molecule has 12 nitrogen and oxygen atoms in total. The Morgan fingerprint density at radius 3 is 1.66 bits per heavy atom. The molecule has 4 fully saturated rings. The summed E-state index contributed by atoms with van der Waals surface area (Å²) in [7, 11) is 0. The molecular weight excluding hydrogens is 867 g/mol. The number of nitrogens with one attached hydrogen (secondary N) is 1. The minimum absolute atomic E-state index is 0.0105. The first-order valence-corrected chi connectivity index (χ1v) is 22.1. The second kappa shape index (κ2) is 20.7. The molecule has 0 radical (unpaired) electrons. The zero-order valence-corrected chi connectivity index (χ0v) is 36.4. The van der Waals surface area contributed by atoms with Gasteiger partial charge >= 0.3 is 12.4 Å². The largest absolute Gasteiger partial charge is 0.439 e. The molecule has 0 spiro atoms. The van der Waals surface area contributed by atoms with Crippen LogP contribution in [0.1, 0.15) is 70.2 Å². The third kappa shape index (κ3) is 13.3. The number of ether oxygens (including phenoxy) is 2. The van der Waals surface area contributed by atoms with E-state index in [2.05, 4.69) is 48.9 Å². The minimum atomic E-state index is -4.70. The number of aromatic nitrogens is 4. The average molecular weight is 922 g/mol. The van der Waals surface area contributed by atoms with Crippen LogP contribution in [0.4, 0.5) is 47.0 Å². The number of β-amino-alcohol motifs (C(OH)–C–C–N with tert-alkyl or cyclic N) is 1. The van der Waals surface area contributed by atoms with Gasteiger partial charge in [-0.1, -0.05) is 12.1 Å². The Labute approximate surface area is 373 Å². The number of hydrogen-bond donors (Lipinski definition) is 2. The predicted octanol–water partition coefficient (Wildman–Crippen LogP) is 8.57. The molecule has 0 amide bonds. The number of nitrogens with zero attached hydrogens (tertiary/aromatic N) is 8. The van der Waals surface area contributed by atoms with Gasteiger partial charge in [0.2, 0.25) is 23.7 Å². The number of anilines is 2. The van der Waals surface area contributed by atoms with E-state index in [-0.39, 0.29) is 35.2 Å². The maximum absolute atomic E-state index is 13.5. The van der Waals surface area contributed by atoms with Gasteiger partial charge in [0.15, 0.2) is 11.4 Å². The Balaban J connectivity index is 0.000000194. The molecule has 2 atom stereocenters. The average Bonchev–Trinajstić information content (AvgIpc) is 3.39. The fraction of sp³-hybridized carbons (Fsp3) is 0.556. The van der Waals surface area contributed by atoms with Crippen LogP contribution in [0.15, 0.2) is 60.7 Å². The summed E-state index contributed by atoms with van der Waals surface area (Å²) in [6, 6.07) is 12.5. The monoisotopic (exact) mass is 921 g/mol. The fourth-order valence-electron chi connectivity index (χ4n) is 8.75. The van der Waals surface area contributed by atoms with Gasteiger partial charge in [0.1, 0.15) is 23.1 Å². The molecule has 2 unspecified atom stereocenters. The Bertz CT molecular complexity index is 2170. The Kier molecular flexibility index (Phi) is 15.3. The van der Waals surface area contributed by atoms with Crippen LogP contribution < -0.4 is 24.6 Å². The van der Waals surface area contributed by atoms with Crippen molar-refractivity contribution in [2.45, 2.75) is 88.8 Å². The zero-order chi connectivity index (χ0) is 46.4. The number of rotatable bonds is 10. The number of alkyl halides is 6. The number of benzene rings is 2. The number of halogens is 8. The van der Waals surface area contributed by atoms with Gasteiger partial charge in [0.05, 0.1) is 5.60 Å². The highest BCUT2D eigenvalue weighted by molar-refractivity contribution is 5.39. The van der Waals surface area contributed by atoms with Crippen molar-refractivity contribution in [1.29, 1.82) is 0 Å². The molecule has 6 heterocycles. The van der Waals surface area contributed by atoms with Crippen molar-refractivity contribution in [3.63, 3.8) is 0 Å². The third-order valence-corrected chi connectivity index (χ3v) is 12.4. The van der Waals surface area contributed by atoms with E-state index in [1.807, 2.05) is 0 Å². The summed E-state index contributed by atoms with van der Waals surface area (Å²) in [6.45, 7) is 11.8. The molecule has 4 saturated heterocycles. The molecule has 8 rings (SSSR count). The van der Waals surface area contributed by atoms with Crippen LogP contribution in [0.25, 0.3) is 0 Å². The van der Waals surface area contributed by atoms with Crippen molar-refractivity contribution < 1.29 is 49.7 Å². The number of hydrogen-bond acceptors (Lipinski definition) is 12. The molecule has 2 aromatic carbocycles. The van der Waals surface area contributed by atoms with Gasteiger partial charge in [0.25, 0.3) is 0 Å². The third-order valence-electron chi connectivity index (χ3n) is 12.4. The summed E-state index contributed by atoms with van der Waals surface area (Å²) in [5, 5.41) is 14.5. The molecule has 20 heteroatoms. The summed E-state index contributed by atoms with van der Waals surface area (Å²) in [4.78, 5) is 24.0. The quantitative estimate of drug-likeness (QED) is 0.149. The van der Waals surface area contributed by atoms with Gasteiger partial charge in [-0.05, 0) is 102 Å². The van der Waals surface area contributed by atoms with E-state index in [1.165, 1.54) is 36.4 Å². The first kappa shape index (κ1) is 48.0. The molecule has 0 bridgehead atoms. The van der Waals surface area contributed by atoms with Crippen LogP contribution in [0.5, 0.6) is 23.3 Å². The summed E-state index contributed by atoms with van der Waals surface area (Å²) in [6.07, 6.45) is -3.51. The molecule has 2 N–H and O–H groups in total. The van der Waals surface area contributed by atoms with Gasteiger partial charge < -0.3 is 34.6 Å². The highest BCUT2D eigenvalue weighted by Gasteiger charge is 2.41. The smallest absolute Gasteiger partial charge is 0.433 e. The van der Waals surface area contributed by atoms with Crippen LogP contribution in [-0.2, 0) is 12.4 Å². The van der Waals surface area contributed by atoms with E-state index in [9.17, 15) is 40.2 Å². The first-order valence-electron chi connectivity index (χ1n) is 22.1. The van der Waals surface area contributed by atoms with Gasteiger partial charge in [-0.3, -0.25) is 4.90 Å². The van der Waals surface area contributed by atoms with Gasteiger partial charge in [-0.25, -0.2) is 18.7 Å². The molecule has 0 saturated carbocycles. The van der Waals surface area contributed by atoms with E-state index < -0.39 is 41.0 Å². The predicted molar refractivity (Wildman–Crippen MR) is 227 cm³/mol. The maximum Gasteiger partial charge on any atom is 0.433 e. The molecule has 4 aliphatic heterocycles. The van der Waals surface area contributed by atoms with Gasteiger partial charge in [-0.2, -0.15) is 36.3 Å². The van der Waals surface area contributed by atoms with Crippen LogP contribution >= 0.6 is 0 Å². The van der Waals surface area contributed by atoms with Gasteiger partial charge in [-0.15, -0.1) is 0 Å². The van der Waals surface area contributed by atoms with E-state index in [0.29, 0.717) is 69.6 Å². The summed E-state index contributed by atoms with van der Waals surface area (Å²) < 4.78 is 118. The molecule has 2 aromatic heterocycles. The fourth-order valence-corrected chi connectivity index (χ4v) is 8.75.